The van der Waals surface area contributed by atoms with Gasteiger partial charge in [-0.15, -0.1) is 0 Å². The molecule has 13 heavy (non-hydrogen) atoms. The van der Waals surface area contributed by atoms with Crippen LogP contribution in [0.1, 0.15) is 40.0 Å². The van der Waals surface area contributed by atoms with Crippen molar-refractivity contribution in [3.8, 4) is 0 Å². The molecule has 1 aliphatic rings. The van der Waals surface area contributed by atoms with Crippen LogP contribution in [-0.4, -0.2) is 28.9 Å². The Bertz CT molecular complexity index is 197. The summed E-state index contributed by atoms with van der Waals surface area (Å²) in [6, 6.07) is 0.263. The van der Waals surface area contributed by atoms with Gasteiger partial charge >= 0.3 is 0 Å². The van der Waals surface area contributed by atoms with Crippen LogP contribution in [0.15, 0.2) is 0 Å². The third-order valence-corrected chi connectivity index (χ3v) is 2.90. The molecule has 3 heteroatoms. The summed E-state index contributed by atoms with van der Waals surface area (Å²) in [6.45, 7) is 6.82. The SMILES string of the molecule is CCN(C(=O)C1(N)CCC1)C(C)C. The minimum absolute atomic E-state index is 0.135. The lowest BCUT2D eigenvalue weighted by Gasteiger charge is -2.41. The fraction of sp³-hybridized carbons (Fsp3) is 0.900. The third-order valence-electron chi connectivity index (χ3n) is 2.90. The molecule has 1 saturated carbocycles. The van der Waals surface area contributed by atoms with Gasteiger partial charge in [-0.05, 0) is 40.0 Å². The van der Waals surface area contributed by atoms with E-state index in [1.807, 2.05) is 25.7 Å². The average Bonchev–Trinajstić information content (AvgIpc) is 2.00. The number of carbonyl (C=O) groups is 1. The van der Waals surface area contributed by atoms with Crippen molar-refractivity contribution in [2.24, 2.45) is 5.73 Å². The highest BCUT2D eigenvalue weighted by Gasteiger charge is 2.42. The van der Waals surface area contributed by atoms with E-state index < -0.39 is 5.54 Å². The molecule has 0 unspecified atom stereocenters. The van der Waals surface area contributed by atoms with Crippen molar-refractivity contribution in [1.29, 1.82) is 0 Å². The van der Waals surface area contributed by atoms with E-state index in [0.717, 1.165) is 25.8 Å². The molecular formula is C10H20N2O. The number of nitrogens with two attached hydrogens (primary N) is 1. The van der Waals surface area contributed by atoms with Crippen LogP contribution in [0.3, 0.4) is 0 Å². The van der Waals surface area contributed by atoms with Crippen molar-refractivity contribution in [3.63, 3.8) is 0 Å². The quantitative estimate of drug-likeness (QED) is 0.714. The molecule has 0 atom stereocenters. The van der Waals surface area contributed by atoms with Gasteiger partial charge in [0.1, 0.15) is 0 Å². The van der Waals surface area contributed by atoms with Gasteiger partial charge in [-0.1, -0.05) is 0 Å². The van der Waals surface area contributed by atoms with E-state index in [-0.39, 0.29) is 11.9 Å². The van der Waals surface area contributed by atoms with Crippen LogP contribution in [0.25, 0.3) is 0 Å². The van der Waals surface area contributed by atoms with Gasteiger partial charge in [0.15, 0.2) is 0 Å². The summed E-state index contributed by atoms with van der Waals surface area (Å²) in [5, 5.41) is 0. The largest absolute Gasteiger partial charge is 0.339 e. The maximum absolute atomic E-state index is 11.9. The number of nitrogens with zero attached hydrogens (tertiary/aromatic N) is 1. The molecule has 0 bridgehead atoms. The predicted octanol–water partition coefficient (Wildman–Crippen LogP) is 1.12. The summed E-state index contributed by atoms with van der Waals surface area (Å²) in [7, 11) is 0. The number of likely N-dealkylation sites (N-methyl/N-ethyl adjacent to an activating group) is 1. The van der Waals surface area contributed by atoms with Gasteiger partial charge in [0, 0.05) is 12.6 Å². The van der Waals surface area contributed by atoms with Crippen molar-refractivity contribution in [2.45, 2.75) is 51.6 Å². The zero-order chi connectivity index (χ0) is 10.1. The summed E-state index contributed by atoms with van der Waals surface area (Å²) in [5.41, 5.74) is 5.44. The van der Waals surface area contributed by atoms with Crippen molar-refractivity contribution >= 4 is 5.91 Å². The second-order valence-electron chi connectivity index (χ2n) is 4.19. The van der Waals surface area contributed by atoms with Crippen LogP contribution in [0.5, 0.6) is 0 Å². The molecule has 1 amide bonds. The van der Waals surface area contributed by atoms with Crippen molar-refractivity contribution in [3.05, 3.63) is 0 Å². The standard InChI is InChI=1S/C10H20N2O/c1-4-12(8(2)3)9(13)10(11)6-5-7-10/h8H,4-7,11H2,1-3H3. The fourth-order valence-corrected chi connectivity index (χ4v) is 1.80. The second kappa shape index (κ2) is 3.66. The molecule has 0 aromatic rings. The molecule has 3 nitrogen and oxygen atoms in total. The summed E-state index contributed by atoms with van der Waals surface area (Å²) < 4.78 is 0. The molecule has 1 rings (SSSR count). The summed E-state index contributed by atoms with van der Waals surface area (Å²) in [5.74, 6) is 0.135. The highest BCUT2D eigenvalue weighted by atomic mass is 16.2. The minimum Gasteiger partial charge on any atom is -0.339 e. The second-order valence-corrected chi connectivity index (χ2v) is 4.19. The van der Waals surface area contributed by atoms with Gasteiger partial charge in [-0.2, -0.15) is 0 Å². The first-order valence-corrected chi connectivity index (χ1v) is 5.11. The topological polar surface area (TPSA) is 46.3 Å². The van der Waals surface area contributed by atoms with Gasteiger partial charge in [-0.25, -0.2) is 0 Å². The number of hydrogen-bond donors (Lipinski definition) is 1. The fourth-order valence-electron chi connectivity index (χ4n) is 1.80. The molecule has 2 N–H and O–H groups in total. The normalized spacial score (nSPS) is 19.8. The molecular weight excluding hydrogens is 164 g/mol. The highest BCUT2D eigenvalue weighted by molar-refractivity contribution is 5.87. The maximum Gasteiger partial charge on any atom is 0.242 e. The Morgan fingerprint density at radius 3 is 2.31 bits per heavy atom. The van der Waals surface area contributed by atoms with Crippen LogP contribution >= 0.6 is 0 Å². The first-order valence-electron chi connectivity index (χ1n) is 5.11. The lowest BCUT2D eigenvalue weighted by Crippen LogP contribution is -2.60. The minimum atomic E-state index is -0.527. The molecule has 0 aromatic carbocycles. The van der Waals surface area contributed by atoms with Gasteiger partial charge in [0.2, 0.25) is 5.91 Å². The van der Waals surface area contributed by atoms with Crippen LogP contribution in [0.4, 0.5) is 0 Å². The van der Waals surface area contributed by atoms with E-state index in [2.05, 4.69) is 0 Å². The van der Waals surface area contributed by atoms with Crippen molar-refractivity contribution in [2.75, 3.05) is 6.54 Å². The van der Waals surface area contributed by atoms with Gasteiger partial charge in [0.25, 0.3) is 0 Å². The molecule has 0 radical (unpaired) electrons. The summed E-state index contributed by atoms with van der Waals surface area (Å²) in [6.07, 6.45) is 2.81. The number of hydrogen-bond acceptors (Lipinski definition) is 2. The first-order chi connectivity index (χ1) is 6.01. The van der Waals surface area contributed by atoms with Gasteiger partial charge in [-0.3, -0.25) is 4.79 Å². The maximum atomic E-state index is 11.9. The number of carbonyl (C=O) groups excluding carboxylic acids is 1. The lowest BCUT2D eigenvalue weighted by atomic mass is 9.76. The van der Waals surface area contributed by atoms with E-state index in [9.17, 15) is 4.79 Å². The van der Waals surface area contributed by atoms with Gasteiger partial charge < -0.3 is 10.6 Å². The molecule has 0 heterocycles. The molecule has 0 spiro atoms. The molecule has 1 fully saturated rings. The van der Waals surface area contributed by atoms with E-state index in [0.29, 0.717) is 0 Å². The van der Waals surface area contributed by atoms with Crippen LogP contribution < -0.4 is 5.73 Å². The third kappa shape index (κ3) is 1.85. The molecule has 1 aliphatic carbocycles. The highest BCUT2D eigenvalue weighted by Crippen LogP contribution is 2.31. The Kier molecular flexibility index (Phi) is 2.96. The Hall–Kier alpha value is -0.570. The average molecular weight is 184 g/mol. The zero-order valence-electron chi connectivity index (χ0n) is 8.84. The predicted molar refractivity (Wildman–Crippen MR) is 53.3 cm³/mol. The molecule has 0 aliphatic heterocycles. The Labute approximate surface area is 80.3 Å². The van der Waals surface area contributed by atoms with E-state index in [4.69, 9.17) is 5.73 Å². The van der Waals surface area contributed by atoms with E-state index in [1.165, 1.54) is 0 Å². The zero-order valence-corrected chi connectivity index (χ0v) is 8.84. The monoisotopic (exact) mass is 184 g/mol. The van der Waals surface area contributed by atoms with Crippen molar-refractivity contribution < 1.29 is 4.79 Å². The summed E-state index contributed by atoms with van der Waals surface area (Å²) in [4.78, 5) is 13.8. The Morgan fingerprint density at radius 1 is 1.54 bits per heavy atom. The van der Waals surface area contributed by atoms with Crippen LogP contribution in [-0.2, 0) is 4.79 Å². The van der Waals surface area contributed by atoms with E-state index >= 15 is 0 Å². The lowest BCUT2D eigenvalue weighted by molar-refractivity contribution is -0.141. The van der Waals surface area contributed by atoms with Gasteiger partial charge in [0.05, 0.1) is 5.54 Å². The Morgan fingerprint density at radius 2 is 2.08 bits per heavy atom. The molecule has 0 saturated heterocycles. The van der Waals surface area contributed by atoms with Crippen LogP contribution in [0, 0.1) is 0 Å². The van der Waals surface area contributed by atoms with Crippen LogP contribution in [0.2, 0.25) is 0 Å². The number of amides is 1. The molecule has 76 valence electrons. The summed E-state index contributed by atoms with van der Waals surface area (Å²) >= 11 is 0. The smallest absolute Gasteiger partial charge is 0.242 e. The van der Waals surface area contributed by atoms with E-state index in [1.54, 1.807) is 0 Å². The first kappa shape index (κ1) is 10.5. The Balaban J connectivity index is 2.63. The van der Waals surface area contributed by atoms with Crippen molar-refractivity contribution in [1.82, 2.24) is 4.90 Å². The molecule has 0 aromatic heterocycles. The number of rotatable bonds is 3.